The summed E-state index contributed by atoms with van der Waals surface area (Å²) in [5, 5.41) is 3.43. The predicted molar refractivity (Wildman–Crippen MR) is 116 cm³/mol. The fourth-order valence-corrected chi connectivity index (χ4v) is 4.88. The van der Waals surface area contributed by atoms with Crippen molar-refractivity contribution in [3.63, 3.8) is 0 Å². The summed E-state index contributed by atoms with van der Waals surface area (Å²) >= 11 is 6.10. The quantitative estimate of drug-likeness (QED) is 0.697. The molecule has 0 bridgehead atoms. The highest BCUT2D eigenvalue weighted by atomic mass is 35.5. The van der Waals surface area contributed by atoms with Crippen LogP contribution in [0.25, 0.3) is 0 Å². The molecule has 2 aromatic carbocycles. The van der Waals surface area contributed by atoms with Crippen LogP contribution in [0, 0.1) is 6.92 Å². The van der Waals surface area contributed by atoms with Crippen molar-refractivity contribution in [2.24, 2.45) is 0 Å². The molecule has 1 fully saturated rings. The van der Waals surface area contributed by atoms with Gasteiger partial charge in [0.15, 0.2) is 0 Å². The van der Waals surface area contributed by atoms with E-state index in [0.717, 1.165) is 5.56 Å². The van der Waals surface area contributed by atoms with Gasteiger partial charge in [-0.25, -0.2) is 8.42 Å². The predicted octanol–water partition coefficient (Wildman–Crippen LogP) is 3.25. The van der Waals surface area contributed by atoms with Crippen molar-refractivity contribution >= 4 is 33.2 Å². The van der Waals surface area contributed by atoms with Crippen molar-refractivity contribution in [1.29, 1.82) is 0 Å². The van der Waals surface area contributed by atoms with Crippen molar-refractivity contribution in [3.8, 4) is 5.75 Å². The van der Waals surface area contributed by atoms with Crippen LogP contribution in [0.15, 0.2) is 41.3 Å². The second-order valence-electron chi connectivity index (χ2n) is 6.95. The van der Waals surface area contributed by atoms with Crippen LogP contribution in [0.4, 0.5) is 5.69 Å². The van der Waals surface area contributed by atoms with Crippen LogP contribution < -0.4 is 10.1 Å². The number of rotatable bonds is 7. The molecule has 1 heterocycles. The zero-order valence-electron chi connectivity index (χ0n) is 17.0. The third kappa shape index (κ3) is 5.13. The largest absolute Gasteiger partial charge is 0.496 e. The molecule has 162 valence electrons. The summed E-state index contributed by atoms with van der Waals surface area (Å²) in [5.41, 5.74) is 2.11. The first-order valence-corrected chi connectivity index (χ1v) is 11.4. The highest BCUT2D eigenvalue weighted by molar-refractivity contribution is 7.89. The van der Waals surface area contributed by atoms with Gasteiger partial charge in [-0.3, -0.25) is 4.79 Å². The number of morpholine rings is 1. The Bertz CT molecular complexity index is 1020. The van der Waals surface area contributed by atoms with Crippen LogP contribution in [0.3, 0.4) is 0 Å². The molecule has 1 N–H and O–H groups in total. The fraction of sp³-hybridized carbons (Fsp3) is 0.381. The van der Waals surface area contributed by atoms with Gasteiger partial charge in [0.05, 0.1) is 25.2 Å². The number of ether oxygens (including phenoxy) is 2. The molecule has 0 spiro atoms. The van der Waals surface area contributed by atoms with E-state index in [1.807, 2.05) is 6.92 Å². The number of nitrogens with zero attached hydrogens (tertiary/aromatic N) is 1. The van der Waals surface area contributed by atoms with Gasteiger partial charge in [-0.1, -0.05) is 17.7 Å². The smallest absolute Gasteiger partial charge is 0.243 e. The number of aryl methyl sites for hydroxylation is 1. The molecular weight excluding hydrogens is 428 g/mol. The molecule has 0 saturated carbocycles. The van der Waals surface area contributed by atoms with Crippen LogP contribution in [0.5, 0.6) is 5.75 Å². The Morgan fingerprint density at radius 2 is 1.97 bits per heavy atom. The van der Waals surface area contributed by atoms with Crippen LogP contribution in [0.2, 0.25) is 5.02 Å². The standard InChI is InChI=1S/C21H25ClN2O5S/c1-15-18(22)4-3-5-19(15)23-21(25)9-6-16-14-17(7-8-20(16)28-2)30(26,27)24-10-12-29-13-11-24/h3-5,7-8,14H,6,9-13H2,1-2H3,(H,23,25). The number of anilines is 1. The van der Waals surface area contributed by atoms with Crippen molar-refractivity contribution < 1.29 is 22.7 Å². The molecule has 0 unspecified atom stereocenters. The lowest BCUT2D eigenvalue weighted by atomic mass is 10.1. The summed E-state index contributed by atoms with van der Waals surface area (Å²) in [5.74, 6) is 0.353. The average Bonchev–Trinajstić information content (AvgIpc) is 2.76. The molecule has 0 aromatic heterocycles. The van der Waals surface area contributed by atoms with E-state index in [0.29, 0.717) is 54.7 Å². The molecule has 0 radical (unpaired) electrons. The Morgan fingerprint density at radius 1 is 1.23 bits per heavy atom. The summed E-state index contributed by atoms with van der Waals surface area (Å²) in [6.07, 6.45) is 0.504. The molecule has 1 aliphatic heterocycles. The maximum absolute atomic E-state index is 12.9. The van der Waals surface area contributed by atoms with Crippen LogP contribution in [-0.2, 0) is 26.0 Å². The Morgan fingerprint density at radius 3 is 2.67 bits per heavy atom. The highest BCUT2D eigenvalue weighted by Crippen LogP contribution is 2.27. The van der Waals surface area contributed by atoms with Gasteiger partial charge in [0.1, 0.15) is 5.75 Å². The second kappa shape index (κ2) is 9.78. The molecule has 7 nitrogen and oxygen atoms in total. The van der Waals surface area contributed by atoms with Crippen LogP contribution in [0.1, 0.15) is 17.5 Å². The second-order valence-corrected chi connectivity index (χ2v) is 9.30. The lowest BCUT2D eigenvalue weighted by Gasteiger charge is -2.26. The van der Waals surface area contributed by atoms with Crippen LogP contribution in [-0.4, -0.2) is 52.0 Å². The maximum atomic E-state index is 12.9. The Kier molecular flexibility index (Phi) is 7.36. The number of hydrogen-bond donors (Lipinski definition) is 1. The van der Waals surface area contributed by atoms with Gasteiger partial charge < -0.3 is 14.8 Å². The molecule has 0 atom stereocenters. The van der Waals surface area contributed by atoms with Gasteiger partial charge in [0, 0.05) is 30.2 Å². The first kappa shape index (κ1) is 22.6. The molecule has 1 amide bonds. The molecular formula is C21H25ClN2O5S. The third-order valence-corrected chi connectivity index (χ3v) is 7.33. The van der Waals surface area contributed by atoms with Gasteiger partial charge in [-0.05, 0) is 54.8 Å². The number of nitrogens with one attached hydrogen (secondary N) is 1. The normalized spacial score (nSPS) is 15.0. The van der Waals surface area contributed by atoms with E-state index in [2.05, 4.69) is 5.32 Å². The van der Waals surface area contributed by atoms with E-state index in [-0.39, 0.29) is 17.2 Å². The molecule has 3 rings (SSSR count). The van der Waals surface area contributed by atoms with Gasteiger partial charge in [0.25, 0.3) is 0 Å². The first-order chi connectivity index (χ1) is 14.3. The number of carbonyl (C=O) groups is 1. The van der Waals surface area contributed by atoms with Gasteiger partial charge >= 0.3 is 0 Å². The molecule has 1 aliphatic rings. The Labute approximate surface area is 182 Å². The maximum Gasteiger partial charge on any atom is 0.243 e. The van der Waals surface area contributed by atoms with Gasteiger partial charge in [0.2, 0.25) is 15.9 Å². The minimum absolute atomic E-state index is 0.170. The molecule has 9 heteroatoms. The number of hydrogen-bond acceptors (Lipinski definition) is 5. The zero-order valence-corrected chi connectivity index (χ0v) is 18.6. The molecule has 2 aromatic rings. The topological polar surface area (TPSA) is 84.9 Å². The van der Waals surface area contributed by atoms with E-state index in [9.17, 15) is 13.2 Å². The third-order valence-electron chi connectivity index (χ3n) is 5.02. The SMILES string of the molecule is COc1ccc(S(=O)(=O)N2CCOCC2)cc1CCC(=O)Nc1cccc(Cl)c1C. The van der Waals surface area contributed by atoms with Gasteiger partial charge in [-0.15, -0.1) is 0 Å². The van der Waals surface area contributed by atoms with Crippen molar-refractivity contribution in [3.05, 3.63) is 52.5 Å². The zero-order chi connectivity index (χ0) is 21.7. The van der Waals surface area contributed by atoms with Crippen molar-refractivity contribution in [2.75, 3.05) is 38.7 Å². The van der Waals surface area contributed by atoms with E-state index < -0.39 is 10.0 Å². The van der Waals surface area contributed by atoms with Gasteiger partial charge in [-0.2, -0.15) is 4.31 Å². The van der Waals surface area contributed by atoms with Crippen molar-refractivity contribution in [2.45, 2.75) is 24.7 Å². The lowest BCUT2D eigenvalue weighted by Crippen LogP contribution is -2.40. The average molecular weight is 453 g/mol. The van der Waals surface area contributed by atoms with E-state index in [1.54, 1.807) is 30.3 Å². The highest BCUT2D eigenvalue weighted by Gasteiger charge is 2.27. The summed E-state index contributed by atoms with van der Waals surface area (Å²) in [4.78, 5) is 12.6. The summed E-state index contributed by atoms with van der Waals surface area (Å²) in [6, 6.07) is 10.1. The number of benzene rings is 2. The molecule has 30 heavy (non-hydrogen) atoms. The summed E-state index contributed by atoms with van der Waals surface area (Å²) in [7, 11) is -2.11. The minimum Gasteiger partial charge on any atom is -0.496 e. The Balaban J connectivity index is 1.74. The number of halogens is 1. The lowest BCUT2D eigenvalue weighted by molar-refractivity contribution is -0.116. The summed E-state index contributed by atoms with van der Waals surface area (Å²) in [6.45, 7) is 3.24. The minimum atomic E-state index is -3.62. The molecule has 0 aliphatic carbocycles. The number of amides is 1. The Hall–Kier alpha value is -2.13. The van der Waals surface area contributed by atoms with E-state index in [4.69, 9.17) is 21.1 Å². The fourth-order valence-electron chi connectivity index (χ4n) is 3.25. The number of carbonyl (C=O) groups excluding carboxylic acids is 1. The monoisotopic (exact) mass is 452 g/mol. The first-order valence-electron chi connectivity index (χ1n) is 9.62. The van der Waals surface area contributed by atoms with E-state index in [1.165, 1.54) is 17.5 Å². The van der Waals surface area contributed by atoms with E-state index >= 15 is 0 Å². The number of methoxy groups -OCH3 is 1. The summed E-state index contributed by atoms with van der Waals surface area (Å²) < 4.78 is 37.9. The number of sulfonamides is 1. The van der Waals surface area contributed by atoms with Crippen molar-refractivity contribution in [1.82, 2.24) is 4.31 Å². The van der Waals surface area contributed by atoms with Crippen LogP contribution >= 0.6 is 11.6 Å². The molecule has 1 saturated heterocycles.